The Morgan fingerprint density at radius 3 is 1.91 bits per heavy atom. The van der Waals surface area contributed by atoms with Crippen molar-refractivity contribution in [2.45, 2.75) is 105 Å². The van der Waals surface area contributed by atoms with Gasteiger partial charge in [-0.2, -0.15) is 0 Å². The van der Waals surface area contributed by atoms with Crippen LogP contribution in [0.4, 0.5) is 0 Å². The monoisotopic (exact) mass is 883 g/mol. The van der Waals surface area contributed by atoms with Crippen molar-refractivity contribution in [2.24, 2.45) is 0 Å². The molecule has 3 aromatic carbocycles. The smallest absolute Gasteiger partial charge is 0.333 e. The number of rotatable bonds is 24. The minimum Gasteiger partial charge on any atom is -0.469 e. The Morgan fingerprint density at radius 1 is 0.828 bits per heavy atom. The number of methoxy groups -OCH3 is 2. The molecule has 58 heavy (non-hydrogen) atoms. The first-order chi connectivity index (χ1) is 27.8. The minimum absolute atomic E-state index is 0.0329. The lowest BCUT2D eigenvalue weighted by Crippen LogP contribution is -2.57. The van der Waals surface area contributed by atoms with Crippen LogP contribution in [-0.2, 0) is 52.4 Å². The van der Waals surface area contributed by atoms with Crippen LogP contribution in [-0.4, -0.2) is 86.5 Å². The zero-order valence-corrected chi connectivity index (χ0v) is 37.1. The summed E-state index contributed by atoms with van der Waals surface area (Å²) in [5.41, 5.74) is 0.205. The summed E-state index contributed by atoms with van der Waals surface area (Å²) in [6, 6.07) is 28.5. The summed E-state index contributed by atoms with van der Waals surface area (Å²) >= 11 is 19.2. The number of benzene rings is 3. The Kier molecular flexibility index (Phi) is 20.1. The molecule has 320 valence electrons. The fourth-order valence-corrected chi connectivity index (χ4v) is 7.95. The number of hydrogen-bond acceptors (Lipinski definition) is 11. The quantitative estimate of drug-likeness (QED) is 0.0305. The van der Waals surface area contributed by atoms with E-state index in [4.69, 9.17) is 72.1 Å². The van der Waals surface area contributed by atoms with Crippen molar-refractivity contribution in [2.75, 3.05) is 40.6 Å². The summed E-state index contributed by atoms with van der Waals surface area (Å²) in [5.74, 6) is -0.810. The van der Waals surface area contributed by atoms with E-state index < -0.39 is 54.0 Å². The normalized spacial score (nSPS) is 17.2. The highest BCUT2D eigenvalue weighted by Gasteiger charge is 2.47. The van der Waals surface area contributed by atoms with E-state index in [0.29, 0.717) is 26.1 Å². The molecule has 0 bridgehead atoms. The van der Waals surface area contributed by atoms with Crippen LogP contribution in [0.15, 0.2) is 91.0 Å². The molecular weight excluding hydrogens is 828 g/mol. The number of nitrogens with one attached hydrogen (secondary N) is 1. The van der Waals surface area contributed by atoms with Gasteiger partial charge in [0.1, 0.15) is 17.7 Å². The Labute approximate surface area is 359 Å². The van der Waals surface area contributed by atoms with Crippen molar-refractivity contribution in [3.8, 4) is 0 Å². The first-order valence-corrected chi connectivity index (χ1v) is 21.8. The van der Waals surface area contributed by atoms with Crippen LogP contribution in [0, 0.1) is 0 Å². The van der Waals surface area contributed by atoms with E-state index in [1.807, 2.05) is 91.0 Å². The molecule has 0 radical (unpaired) electrons. The van der Waals surface area contributed by atoms with Crippen LogP contribution < -0.4 is 5.32 Å². The Morgan fingerprint density at radius 2 is 1.41 bits per heavy atom. The number of alkyl halides is 3. The molecule has 1 aliphatic heterocycles. The van der Waals surface area contributed by atoms with Gasteiger partial charge in [0.05, 0.1) is 39.1 Å². The zero-order valence-electron chi connectivity index (χ0n) is 33.9. The summed E-state index contributed by atoms with van der Waals surface area (Å²) in [6.07, 6.45) is 3.30. The molecule has 1 N–H and O–H groups in total. The lowest BCUT2D eigenvalue weighted by Gasteiger charge is -2.41. The average molecular weight is 885 g/mol. The third kappa shape index (κ3) is 14.4. The SMILES string of the molecule is COC(=O)CCCCCOC[C@H](COP(O[C@@H](C)[C@H](NC(c1ccccc1)(c1ccccc1)c1ccccc1)C(=O)OC)OC(C)(C)C(Cl)(Cl)Cl)OC1CCCCO1. The number of esters is 2. The predicted molar refractivity (Wildman–Crippen MR) is 227 cm³/mol. The Hall–Kier alpha value is -2.38. The summed E-state index contributed by atoms with van der Waals surface area (Å²) < 4.78 is 45.8. The van der Waals surface area contributed by atoms with Crippen LogP contribution in [0.1, 0.15) is 82.4 Å². The maximum absolute atomic E-state index is 13.9. The van der Waals surface area contributed by atoms with Crippen molar-refractivity contribution in [3.63, 3.8) is 0 Å². The zero-order chi connectivity index (χ0) is 42.0. The summed E-state index contributed by atoms with van der Waals surface area (Å²) in [4.78, 5) is 25.4. The van der Waals surface area contributed by atoms with Gasteiger partial charge in [0, 0.05) is 19.6 Å². The van der Waals surface area contributed by atoms with E-state index >= 15 is 0 Å². The maximum Gasteiger partial charge on any atom is 0.333 e. The second-order valence-electron chi connectivity index (χ2n) is 14.4. The Bertz CT molecular complexity index is 1530. The van der Waals surface area contributed by atoms with Gasteiger partial charge < -0.3 is 37.3 Å². The number of hydrogen-bond donors (Lipinski definition) is 1. The summed E-state index contributed by atoms with van der Waals surface area (Å²) in [5, 5.41) is 3.68. The van der Waals surface area contributed by atoms with E-state index in [2.05, 4.69) is 5.32 Å². The molecule has 2 unspecified atom stereocenters. The van der Waals surface area contributed by atoms with Gasteiger partial charge in [-0.15, -0.1) is 0 Å². The van der Waals surface area contributed by atoms with Crippen LogP contribution in [0.5, 0.6) is 0 Å². The number of unbranched alkanes of at least 4 members (excludes halogenated alkanes) is 2. The fraction of sp³-hybridized carbons (Fsp3) is 0.535. The first kappa shape index (κ1) is 48.3. The van der Waals surface area contributed by atoms with E-state index in [1.54, 1.807) is 20.8 Å². The summed E-state index contributed by atoms with van der Waals surface area (Å²) in [7, 11) is 0.380. The van der Waals surface area contributed by atoms with Crippen molar-refractivity contribution in [1.29, 1.82) is 0 Å². The van der Waals surface area contributed by atoms with Gasteiger partial charge in [-0.1, -0.05) is 132 Å². The maximum atomic E-state index is 13.9. The minimum atomic E-state index is -2.33. The van der Waals surface area contributed by atoms with Crippen molar-refractivity contribution >= 4 is 55.3 Å². The largest absolute Gasteiger partial charge is 0.469 e. The molecule has 1 aliphatic rings. The molecule has 4 rings (SSSR count). The van der Waals surface area contributed by atoms with E-state index in [-0.39, 0.29) is 19.2 Å². The van der Waals surface area contributed by atoms with Crippen molar-refractivity contribution in [3.05, 3.63) is 108 Å². The third-order valence-electron chi connectivity index (χ3n) is 9.70. The lowest BCUT2D eigenvalue weighted by atomic mass is 9.76. The highest BCUT2D eigenvalue weighted by Crippen LogP contribution is 2.52. The molecule has 1 fully saturated rings. The molecule has 0 aromatic heterocycles. The third-order valence-corrected chi connectivity index (χ3v) is 12.5. The molecule has 11 nitrogen and oxygen atoms in total. The number of halogens is 3. The van der Waals surface area contributed by atoms with E-state index in [1.165, 1.54) is 14.2 Å². The molecule has 1 heterocycles. The van der Waals surface area contributed by atoms with Crippen LogP contribution >= 0.6 is 43.4 Å². The average Bonchev–Trinajstić information content (AvgIpc) is 3.23. The highest BCUT2D eigenvalue weighted by molar-refractivity contribution is 7.41. The second kappa shape index (κ2) is 24.2. The van der Waals surface area contributed by atoms with Gasteiger partial charge in [0.2, 0.25) is 3.79 Å². The number of ether oxygens (including phenoxy) is 5. The van der Waals surface area contributed by atoms with Crippen LogP contribution in [0.25, 0.3) is 0 Å². The molecule has 0 amide bonds. The van der Waals surface area contributed by atoms with Crippen LogP contribution in [0.3, 0.4) is 0 Å². The fourth-order valence-electron chi connectivity index (χ4n) is 6.33. The molecule has 1 saturated heterocycles. The van der Waals surface area contributed by atoms with Crippen LogP contribution in [0.2, 0.25) is 0 Å². The lowest BCUT2D eigenvalue weighted by molar-refractivity contribution is -0.203. The topological polar surface area (TPSA) is 120 Å². The van der Waals surface area contributed by atoms with Gasteiger partial charge in [-0.3, -0.25) is 14.9 Å². The number of carbonyl (C=O) groups is 2. The standard InChI is InChI=1S/C43H57Cl3NO10P/c1-32(39(40(49)51-5)47-42(33-20-10-6-11-21-33,34-22-12-7-13-23-34)35-24-14-8-15-25-35)56-58(57-41(2,3)43(44,45)46)54-31-36(55-38-27-17-19-29-53-38)30-52-28-18-9-16-26-37(48)50-4/h6-8,10-15,20-25,32,36,38-39,47H,9,16-19,26-31H2,1-5H3/t32-,36+,38?,39-,58?/m0/s1. The molecule has 0 saturated carbocycles. The first-order valence-electron chi connectivity index (χ1n) is 19.6. The highest BCUT2D eigenvalue weighted by atomic mass is 35.6. The molecular formula is C43H57Cl3NO10P. The van der Waals surface area contributed by atoms with Gasteiger partial charge >= 0.3 is 20.5 Å². The summed E-state index contributed by atoms with van der Waals surface area (Å²) in [6.45, 7) is 6.15. The second-order valence-corrected chi connectivity index (χ2v) is 17.8. The predicted octanol–water partition coefficient (Wildman–Crippen LogP) is 9.59. The van der Waals surface area contributed by atoms with Gasteiger partial charge in [0.25, 0.3) is 0 Å². The Balaban J connectivity index is 1.62. The molecule has 0 aliphatic carbocycles. The molecule has 15 heteroatoms. The van der Waals surface area contributed by atoms with E-state index in [0.717, 1.165) is 48.8 Å². The van der Waals surface area contributed by atoms with Gasteiger partial charge in [-0.05, 0) is 69.6 Å². The van der Waals surface area contributed by atoms with Crippen molar-refractivity contribution < 1.29 is 46.8 Å². The molecule has 5 atom stereocenters. The van der Waals surface area contributed by atoms with Crippen molar-refractivity contribution in [1.82, 2.24) is 5.32 Å². The van der Waals surface area contributed by atoms with Gasteiger partial charge in [0.15, 0.2) is 6.29 Å². The molecule has 3 aromatic rings. The van der Waals surface area contributed by atoms with E-state index in [9.17, 15) is 9.59 Å². The molecule has 0 spiro atoms. The van der Waals surface area contributed by atoms with Gasteiger partial charge in [-0.25, -0.2) is 0 Å². The number of carbonyl (C=O) groups excluding carboxylic acids is 2.